The van der Waals surface area contributed by atoms with Crippen LogP contribution in [0.2, 0.25) is 20.1 Å². The third-order valence-corrected chi connectivity index (χ3v) is 6.23. The molecule has 0 bridgehead atoms. The first-order valence-electron chi connectivity index (χ1n) is 8.86. The predicted octanol–water partition coefficient (Wildman–Crippen LogP) is 6.39. The van der Waals surface area contributed by atoms with Crippen molar-refractivity contribution >= 4 is 69.8 Å². The molecule has 0 unspecified atom stereocenters. The number of carbonyl (C=O) groups excluding carboxylic acids is 1. The number of nitrogens with one attached hydrogen (secondary N) is 1. The summed E-state index contributed by atoms with van der Waals surface area (Å²) in [6, 6.07) is 9.99. The van der Waals surface area contributed by atoms with Crippen molar-refractivity contribution in [2.75, 3.05) is 11.1 Å². The summed E-state index contributed by atoms with van der Waals surface area (Å²) in [6.07, 6.45) is 1.71. The number of anilines is 1. The van der Waals surface area contributed by atoms with Crippen molar-refractivity contribution in [2.45, 2.75) is 18.3 Å². The maximum Gasteiger partial charge on any atom is 0.234 e. The number of hydrogen-bond donors (Lipinski definition) is 1. The Balaban J connectivity index is 1.64. The van der Waals surface area contributed by atoms with Crippen molar-refractivity contribution in [2.24, 2.45) is 0 Å². The molecule has 0 fully saturated rings. The van der Waals surface area contributed by atoms with Gasteiger partial charge in [-0.2, -0.15) is 0 Å². The Morgan fingerprint density at radius 1 is 1.16 bits per heavy atom. The first-order valence-corrected chi connectivity index (χ1v) is 11.4. The molecular weight excluding hydrogens is 502 g/mol. The SMILES string of the molecule is C=CCn1c(COc2ccc(Cl)cc2Cl)nnc1SCC(=O)Nc1cccc(Cl)c1Cl. The van der Waals surface area contributed by atoms with Crippen LogP contribution in [-0.2, 0) is 17.9 Å². The van der Waals surface area contributed by atoms with E-state index in [0.29, 0.717) is 44.0 Å². The van der Waals surface area contributed by atoms with E-state index in [9.17, 15) is 4.79 Å². The summed E-state index contributed by atoms with van der Waals surface area (Å²) in [7, 11) is 0. The molecule has 3 rings (SSSR count). The van der Waals surface area contributed by atoms with Crippen LogP contribution in [0.25, 0.3) is 0 Å². The number of thioether (sulfide) groups is 1. The summed E-state index contributed by atoms with van der Waals surface area (Å²) in [5.41, 5.74) is 0.446. The fraction of sp³-hybridized carbons (Fsp3) is 0.150. The number of hydrogen-bond acceptors (Lipinski definition) is 5. The van der Waals surface area contributed by atoms with Crippen LogP contribution in [0.4, 0.5) is 5.69 Å². The number of amides is 1. The second-order valence-electron chi connectivity index (χ2n) is 6.10. The van der Waals surface area contributed by atoms with Crippen LogP contribution in [0.5, 0.6) is 5.75 Å². The molecule has 31 heavy (non-hydrogen) atoms. The zero-order valence-electron chi connectivity index (χ0n) is 15.9. The van der Waals surface area contributed by atoms with Crippen LogP contribution in [0.3, 0.4) is 0 Å². The second-order valence-corrected chi connectivity index (χ2v) is 8.67. The maximum atomic E-state index is 12.3. The minimum absolute atomic E-state index is 0.0992. The summed E-state index contributed by atoms with van der Waals surface area (Å²) in [6.45, 7) is 4.34. The van der Waals surface area contributed by atoms with Gasteiger partial charge in [-0.1, -0.05) is 70.3 Å². The van der Waals surface area contributed by atoms with Gasteiger partial charge in [0.05, 0.1) is 26.5 Å². The molecular formula is C20H16Cl4N4O2S. The number of rotatable bonds is 9. The van der Waals surface area contributed by atoms with Gasteiger partial charge in [0.2, 0.25) is 5.91 Å². The molecule has 0 atom stereocenters. The van der Waals surface area contributed by atoms with E-state index in [2.05, 4.69) is 22.1 Å². The van der Waals surface area contributed by atoms with Crippen molar-refractivity contribution in [3.63, 3.8) is 0 Å². The van der Waals surface area contributed by atoms with Gasteiger partial charge in [0.1, 0.15) is 12.4 Å². The lowest BCUT2D eigenvalue weighted by Crippen LogP contribution is -2.15. The lowest BCUT2D eigenvalue weighted by atomic mass is 10.3. The minimum Gasteiger partial charge on any atom is -0.484 e. The Kier molecular flexibility index (Phi) is 8.51. The molecule has 0 radical (unpaired) electrons. The predicted molar refractivity (Wildman–Crippen MR) is 127 cm³/mol. The Bertz CT molecular complexity index is 1110. The van der Waals surface area contributed by atoms with Gasteiger partial charge in [-0.05, 0) is 30.3 Å². The molecule has 2 aromatic carbocycles. The van der Waals surface area contributed by atoms with E-state index in [1.165, 1.54) is 11.8 Å². The lowest BCUT2D eigenvalue weighted by molar-refractivity contribution is -0.113. The minimum atomic E-state index is -0.256. The molecule has 1 amide bonds. The van der Waals surface area contributed by atoms with E-state index in [4.69, 9.17) is 51.1 Å². The first-order chi connectivity index (χ1) is 14.9. The van der Waals surface area contributed by atoms with Gasteiger partial charge in [-0.3, -0.25) is 9.36 Å². The Labute approximate surface area is 203 Å². The van der Waals surface area contributed by atoms with Crippen molar-refractivity contribution in [1.29, 1.82) is 0 Å². The lowest BCUT2D eigenvalue weighted by Gasteiger charge is -2.11. The molecule has 3 aromatic rings. The van der Waals surface area contributed by atoms with Crippen molar-refractivity contribution in [3.05, 3.63) is 75.0 Å². The fourth-order valence-corrected chi connectivity index (χ4v) is 4.07. The first kappa shape index (κ1) is 23.8. The highest BCUT2D eigenvalue weighted by atomic mass is 35.5. The summed E-state index contributed by atoms with van der Waals surface area (Å²) < 4.78 is 7.55. The molecule has 0 aliphatic carbocycles. The number of halogens is 4. The standard InChI is InChI=1S/C20H16Cl4N4O2S/c1-2-8-28-17(10-30-16-7-6-12(21)9-14(16)23)26-27-20(28)31-11-18(29)25-15-5-3-4-13(22)19(15)24/h2-7,9H,1,8,10-11H2,(H,25,29). The van der Waals surface area contributed by atoms with Gasteiger partial charge >= 0.3 is 0 Å². The molecule has 0 spiro atoms. The largest absolute Gasteiger partial charge is 0.484 e. The van der Waals surface area contributed by atoms with E-state index >= 15 is 0 Å². The van der Waals surface area contributed by atoms with Crippen LogP contribution in [0.15, 0.2) is 54.2 Å². The Morgan fingerprint density at radius 2 is 1.97 bits per heavy atom. The van der Waals surface area contributed by atoms with Gasteiger partial charge in [-0.25, -0.2) is 0 Å². The van der Waals surface area contributed by atoms with E-state index in [1.807, 2.05) is 0 Å². The van der Waals surface area contributed by atoms with Crippen LogP contribution in [0.1, 0.15) is 5.82 Å². The topological polar surface area (TPSA) is 69.0 Å². The van der Waals surface area contributed by atoms with Gasteiger partial charge in [0.25, 0.3) is 0 Å². The Morgan fingerprint density at radius 3 is 2.71 bits per heavy atom. The van der Waals surface area contributed by atoms with Crippen LogP contribution in [0, 0.1) is 0 Å². The molecule has 162 valence electrons. The monoisotopic (exact) mass is 516 g/mol. The van der Waals surface area contributed by atoms with E-state index in [1.54, 1.807) is 47.0 Å². The van der Waals surface area contributed by atoms with E-state index < -0.39 is 0 Å². The molecule has 0 aliphatic heterocycles. The normalized spacial score (nSPS) is 10.7. The van der Waals surface area contributed by atoms with Crippen molar-refractivity contribution in [3.8, 4) is 5.75 Å². The molecule has 0 saturated heterocycles. The highest BCUT2D eigenvalue weighted by molar-refractivity contribution is 7.99. The maximum absolute atomic E-state index is 12.3. The summed E-state index contributed by atoms with van der Waals surface area (Å²) >= 11 is 25.4. The van der Waals surface area contributed by atoms with Gasteiger partial charge in [-0.15, -0.1) is 16.8 Å². The smallest absolute Gasteiger partial charge is 0.234 e. The van der Waals surface area contributed by atoms with Crippen LogP contribution < -0.4 is 10.1 Å². The number of nitrogens with zero attached hydrogens (tertiary/aromatic N) is 3. The van der Waals surface area contributed by atoms with E-state index in [-0.39, 0.29) is 23.3 Å². The zero-order valence-corrected chi connectivity index (χ0v) is 19.8. The van der Waals surface area contributed by atoms with Gasteiger partial charge < -0.3 is 10.1 Å². The van der Waals surface area contributed by atoms with Crippen molar-refractivity contribution < 1.29 is 9.53 Å². The molecule has 0 saturated carbocycles. The molecule has 11 heteroatoms. The molecule has 6 nitrogen and oxygen atoms in total. The Hall–Kier alpha value is -1.90. The quantitative estimate of drug-likeness (QED) is 0.263. The summed E-state index contributed by atoms with van der Waals surface area (Å²) in [5, 5.41) is 13.2. The highest BCUT2D eigenvalue weighted by Crippen LogP contribution is 2.30. The summed E-state index contributed by atoms with van der Waals surface area (Å²) in [4.78, 5) is 12.3. The molecule has 1 N–H and O–H groups in total. The highest BCUT2D eigenvalue weighted by Gasteiger charge is 2.15. The summed E-state index contributed by atoms with van der Waals surface area (Å²) in [5.74, 6) is 0.883. The fourth-order valence-electron chi connectivity index (χ4n) is 2.50. The van der Waals surface area contributed by atoms with Crippen LogP contribution in [-0.4, -0.2) is 26.4 Å². The number of benzene rings is 2. The molecule has 1 aromatic heterocycles. The average molecular weight is 518 g/mol. The number of aromatic nitrogens is 3. The van der Waals surface area contributed by atoms with E-state index in [0.717, 1.165) is 0 Å². The van der Waals surface area contributed by atoms with Gasteiger partial charge in [0, 0.05) is 11.6 Å². The average Bonchev–Trinajstić information content (AvgIpc) is 3.11. The third-order valence-electron chi connectivity index (χ3n) is 3.91. The number of allylic oxidation sites excluding steroid dienone is 1. The van der Waals surface area contributed by atoms with Crippen LogP contribution >= 0.6 is 58.2 Å². The second kappa shape index (κ2) is 11.1. The van der Waals surface area contributed by atoms with Gasteiger partial charge in [0.15, 0.2) is 11.0 Å². The van der Waals surface area contributed by atoms with Crippen molar-refractivity contribution in [1.82, 2.24) is 14.8 Å². The zero-order chi connectivity index (χ0) is 22.4. The molecule has 1 heterocycles. The third kappa shape index (κ3) is 6.30. The number of carbonyl (C=O) groups is 1. The number of ether oxygens (including phenoxy) is 1. The molecule has 0 aliphatic rings.